The molecule has 0 fully saturated rings. The Balaban J connectivity index is 1.58. The van der Waals surface area contributed by atoms with Crippen LogP contribution in [0, 0.1) is 10.1 Å². The van der Waals surface area contributed by atoms with Gasteiger partial charge in [0.15, 0.2) is 0 Å². The fourth-order valence-electron chi connectivity index (χ4n) is 3.63. The van der Waals surface area contributed by atoms with Crippen molar-refractivity contribution in [2.75, 3.05) is 0 Å². The highest BCUT2D eigenvalue weighted by Gasteiger charge is 2.41. The molecule has 0 saturated carbocycles. The van der Waals surface area contributed by atoms with Crippen LogP contribution in [0.2, 0.25) is 0 Å². The van der Waals surface area contributed by atoms with E-state index < -0.39 is 11.2 Å². The largest absolute Gasteiger partial charge is 0.464 e. The maximum Gasteiger partial charge on any atom is 0.269 e. The molecule has 8 heteroatoms. The number of hydrogen-bond donors (Lipinski definition) is 0. The minimum absolute atomic E-state index is 0.0542. The SMILES string of the molecule is O=[N+]([O-])c1ccc([C@H]2Oc3ccc(Br)cc3[C@@H]3CC(c4cccs4)=NN23)cc1. The number of hydrogen-bond acceptors (Lipinski definition) is 6. The smallest absolute Gasteiger partial charge is 0.269 e. The number of benzene rings is 2. The normalized spacial score (nSPS) is 20.2. The van der Waals surface area contributed by atoms with Gasteiger partial charge >= 0.3 is 0 Å². The molecule has 5 rings (SSSR count). The minimum Gasteiger partial charge on any atom is -0.464 e. The Morgan fingerprint density at radius 3 is 2.75 bits per heavy atom. The first-order chi connectivity index (χ1) is 13.6. The molecule has 0 N–H and O–H groups in total. The Hall–Kier alpha value is -2.71. The molecular weight excluding hydrogens is 442 g/mol. The zero-order valence-corrected chi connectivity index (χ0v) is 16.9. The summed E-state index contributed by atoms with van der Waals surface area (Å²) in [5.41, 5.74) is 3.01. The van der Waals surface area contributed by atoms with Gasteiger partial charge in [-0.15, -0.1) is 11.3 Å². The highest BCUT2D eigenvalue weighted by atomic mass is 79.9. The van der Waals surface area contributed by atoms with Crippen molar-refractivity contribution < 1.29 is 9.66 Å². The fourth-order valence-corrected chi connectivity index (χ4v) is 4.73. The lowest BCUT2D eigenvalue weighted by molar-refractivity contribution is -0.384. The van der Waals surface area contributed by atoms with E-state index in [0.29, 0.717) is 0 Å². The summed E-state index contributed by atoms with van der Waals surface area (Å²) in [6.45, 7) is 0. The molecule has 1 aromatic heterocycles. The molecule has 140 valence electrons. The average Bonchev–Trinajstić information content (AvgIpc) is 3.37. The van der Waals surface area contributed by atoms with Crippen LogP contribution in [-0.2, 0) is 0 Å². The van der Waals surface area contributed by atoms with E-state index in [9.17, 15) is 10.1 Å². The van der Waals surface area contributed by atoms with Crippen LogP contribution >= 0.6 is 27.3 Å². The van der Waals surface area contributed by atoms with Crippen LogP contribution in [0.25, 0.3) is 0 Å². The van der Waals surface area contributed by atoms with Crippen molar-refractivity contribution in [3.05, 3.63) is 90.6 Å². The lowest BCUT2D eigenvalue weighted by Crippen LogP contribution is -2.33. The third-order valence-corrected chi connectivity index (χ3v) is 6.36. The number of fused-ring (bicyclic) bond motifs is 3. The van der Waals surface area contributed by atoms with E-state index in [-0.39, 0.29) is 11.7 Å². The number of nitro groups is 1. The maximum absolute atomic E-state index is 11.0. The molecule has 3 aromatic rings. The summed E-state index contributed by atoms with van der Waals surface area (Å²) in [5, 5.41) is 19.9. The molecule has 0 spiro atoms. The van der Waals surface area contributed by atoms with Crippen LogP contribution in [0.5, 0.6) is 5.75 Å². The first kappa shape index (κ1) is 17.4. The van der Waals surface area contributed by atoms with E-state index in [1.54, 1.807) is 23.5 Å². The molecule has 6 nitrogen and oxygen atoms in total. The van der Waals surface area contributed by atoms with Crippen molar-refractivity contribution >= 4 is 38.7 Å². The molecule has 0 unspecified atom stereocenters. The zero-order valence-electron chi connectivity index (χ0n) is 14.5. The van der Waals surface area contributed by atoms with Gasteiger partial charge in [0.25, 0.3) is 5.69 Å². The van der Waals surface area contributed by atoms with Gasteiger partial charge in [-0.2, -0.15) is 5.10 Å². The van der Waals surface area contributed by atoms with Gasteiger partial charge in [-0.1, -0.05) is 22.0 Å². The topological polar surface area (TPSA) is 68.0 Å². The van der Waals surface area contributed by atoms with Crippen molar-refractivity contribution in [3.63, 3.8) is 0 Å². The average molecular weight is 456 g/mol. The lowest BCUT2D eigenvalue weighted by Gasteiger charge is -2.38. The Morgan fingerprint density at radius 2 is 2.04 bits per heavy atom. The van der Waals surface area contributed by atoms with E-state index in [1.807, 2.05) is 28.6 Å². The Labute approximate surface area is 173 Å². The second-order valence-corrected chi connectivity index (χ2v) is 8.49. The van der Waals surface area contributed by atoms with Crippen LogP contribution in [0.3, 0.4) is 0 Å². The van der Waals surface area contributed by atoms with Crippen LogP contribution in [-0.4, -0.2) is 15.6 Å². The quantitative estimate of drug-likeness (QED) is 0.377. The Bertz CT molecular complexity index is 1080. The van der Waals surface area contributed by atoms with Crippen molar-refractivity contribution in [2.24, 2.45) is 5.10 Å². The van der Waals surface area contributed by atoms with Crippen LogP contribution in [0.1, 0.15) is 34.7 Å². The van der Waals surface area contributed by atoms with Crippen LogP contribution in [0.4, 0.5) is 5.69 Å². The highest BCUT2D eigenvalue weighted by molar-refractivity contribution is 9.10. The first-order valence-electron chi connectivity index (χ1n) is 8.70. The van der Waals surface area contributed by atoms with Crippen molar-refractivity contribution in [3.8, 4) is 5.75 Å². The zero-order chi connectivity index (χ0) is 19.3. The second kappa shape index (κ2) is 6.72. The standard InChI is InChI=1S/C20H14BrN3O3S/c21-13-5-8-18-15(10-13)17-11-16(19-2-1-9-28-19)22-23(17)20(27-18)12-3-6-14(7-4-12)24(25)26/h1-10,17,20H,11H2/t17-,20+/m0/s1. The van der Waals surface area contributed by atoms with Gasteiger partial charge in [0.1, 0.15) is 5.75 Å². The third kappa shape index (κ3) is 2.89. The molecule has 2 aromatic carbocycles. The summed E-state index contributed by atoms with van der Waals surface area (Å²) in [7, 11) is 0. The fraction of sp³-hybridized carbons (Fsp3) is 0.150. The second-order valence-electron chi connectivity index (χ2n) is 6.62. The Morgan fingerprint density at radius 1 is 1.21 bits per heavy atom. The van der Waals surface area contributed by atoms with Crippen molar-refractivity contribution in [1.29, 1.82) is 0 Å². The lowest BCUT2D eigenvalue weighted by atomic mass is 9.97. The molecule has 2 atom stereocenters. The molecule has 0 radical (unpaired) electrons. The summed E-state index contributed by atoms with van der Waals surface area (Å²) in [4.78, 5) is 11.7. The minimum atomic E-state index is -0.433. The number of hydrazone groups is 1. The van der Waals surface area contributed by atoms with Gasteiger partial charge in [-0.3, -0.25) is 10.1 Å². The Kier molecular flexibility index (Phi) is 4.17. The molecule has 28 heavy (non-hydrogen) atoms. The van der Waals surface area contributed by atoms with E-state index in [4.69, 9.17) is 9.84 Å². The van der Waals surface area contributed by atoms with Gasteiger partial charge in [0.2, 0.25) is 6.23 Å². The molecule has 3 heterocycles. The van der Waals surface area contributed by atoms with Gasteiger partial charge in [-0.25, -0.2) is 5.01 Å². The number of non-ortho nitro benzene ring substituents is 1. The number of halogens is 1. The summed E-state index contributed by atoms with van der Waals surface area (Å²) in [5.74, 6) is 0.815. The van der Waals surface area contributed by atoms with Gasteiger partial charge in [0, 0.05) is 34.2 Å². The van der Waals surface area contributed by atoms with Crippen LogP contribution in [0.15, 0.2) is 69.6 Å². The van der Waals surface area contributed by atoms with Gasteiger partial charge in [-0.05, 0) is 41.8 Å². The molecule has 0 bridgehead atoms. The van der Waals surface area contributed by atoms with Crippen LogP contribution < -0.4 is 4.74 Å². The summed E-state index contributed by atoms with van der Waals surface area (Å²) >= 11 is 5.22. The van der Waals surface area contributed by atoms with Crippen molar-refractivity contribution in [2.45, 2.75) is 18.7 Å². The molecule has 2 aliphatic heterocycles. The predicted molar refractivity (Wildman–Crippen MR) is 111 cm³/mol. The number of ether oxygens (including phenoxy) is 1. The maximum atomic E-state index is 11.0. The summed E-state index contributed by atoms with van der Waals surface area (Å²) < 4.78 is 7.28. The monoisotopic (exact) mass is 455 g/mol. The number of rotatable bonds is 3. The van der Waals surface area contributed by atoms with Gasteiger partial charge in [0.05, 0.1) is 21.6 Å². The summed E-state index contributed by atoms with van der Waals surface area (Å²) in [6, 6.07) is 16.6. The van der Waals surface area contributed by atoms with Gasteiger partial charge < -0.3 is 4.74 Å². The molecule has 0 saturated heterocycles. The highest BCUT2D eigenvalue weighted by Crippen LogP contribution is 2.48. The molecule has 0 amide bonds. The number of nitro benzene ring substituents is 1. The van der Waals surface area contributed by atoms with E-state index >= 15 is 0 Å². The molecule has 0 aliphatic carbocycles. The first-order valence-corrected chi connectivity index (χ1v) is 10.4. The van der Waals surface area contributed by atoms with E-state index in [2.05, 4.69) is 28.1 Å². The summed E-state index contributed by atoms with van der Waals surface area (Å²) in [6.07, 6.45) is 0.355. The number of nitrogens with zero attached hydrogens (tertiary/aromatic N) is 3. The molecule has 2 aliphatic rings. The predicted octanol–water partition coefficient (Wildman–Crippen LogP) is 5.66. The third-order valence-electron chi connectivity index (χ3n) is 4.95. The van der Waals surface area contributed by atoms with E-state index in [1.165, 1.54) is 12.1 Å². The van der Waals surface area contributed by atoms with Crippen molar-refractivity contribution in [1.82, 2.24) is 5.01 Å². The van der Waals surface area contributed by atoms with E-state index in [0.717, 1.165) is 38.4 Å². The molecular formula is C20H14BrN3O3S. The number of thiophene rings is 1.